The van der Waals surface area contributed by atoms with Crippen LogP contribution in [0.2, 0.25) is 18.1 Å². The van der Waals surface area contributed by atoms with Gasteiger partial charge in [0.1, 0.15) is 0 Å². The fourth-order valence-electron chi connectivity index (χ4n) is 3.20. The first-order valence-electron chi connectivity index (χ1n) is 7.77. The van der Waals surface area contributed by atoms with Crippen molar-refractivity contribution in [3.8, 4) is 0 Å². The molecule has 0 aromatic carbocycles. The van der Waals surface area contributed by atoms with Crippen LogP contribution in [0.15, 0.2) is 0 Å². The highest BCUT2D eigenvalue weighted by atomic mass is 28.4. The molecule has 1 fully saturated rings. The Morgan fingerprint density at radius 1 is 1.20 bits per heavy atom. The molecule has 0 saturated heterocycles. The molecule has 1 saturated carbocycles. The van der Waals surface area contributed by atoms with Crippen LogP contribution < -0.4 is 0 Å². The van der Waals surface area contributed by atoms with Gasteiger partial charge in [0.05, 0.1) is 11.7 Å². The van der Waals surface area contributed by atoms with E-state index >= 15 is 0 Å². The van der Waals surface area contributed by atoms with E-state index in [2.05, 4.69) is 40.8 Å². The minimum atomic E-state index is -1.81. The van der Waals surface area contributed by atoms with E-state index in [1.54, 1.807) is 0 Å². The van der Waals surface area contributed by atoms with Gasteiger partial charge in [-0.15, -0.1) is 0 Å². The molecule has 0 bridgehead atoms. The Morgan fingerprint density at radius 2 is 1.70 bits per heavy atom. The normalized spacial score (nSPS) is 32.1. The van der Waals surface area contributed by atoms with Gasteiger partial charge in [0, 0.05) is 12.0 Å². The highest BCUT2D eigenvalue weighted by Crippen LogP contribution is 2.57. The Labute approximate surface area is 125 Å². The smallest absolute Gasteiger partial charge is 0.192 e. The number of aliphatic hydroxyl groups is 2. The molecular weight excluding hydrogens is 268 g/mol. The van der Waals surface area contributed by atoms with Crippen LogP contribution in [0.4, 0.5) is 0 Å². The maximum Gasteiger partial charge on any atom is 0.192 e. The van der Waals surface area contributed by atoms with Crippen molar-refractivity contribution in [2.24, 2.45) is 11.3 Å². The van der Waals surface area contributed by atoms with Crippen LogP contribution in [-0.2, 0) is 4.43 Å². The van der Waals surface area contributed by atoms with Gasteiger partial charge in [-0.25, -0.2) is 0 Å². The highest BCUT2D eigenvalue weighted by Gasteiger charge is 2.58. The molecule has 1 aliphatic rings. The quantitative estimate of drug-likeness (QED) is 0.764. The predicted molar refractivity (Wildman–Crippen MR) is 86.3 cm³/mol. The number of rotatable bonds is 5. The van der Waals surface area contributed by atoms with Gasteiger partial charge in [-0.05, 0) is 50.7 Å². The van der Waals surface area contributed by atoms with Crippen LogP contribution >= 0.6 is 0 Å². The van der Waals surface area contributed by atoms with Crippen LogP contribution in [0.3, 0.4) is 0 Å². The molecule has 3 atom stereocenters. The van der Waals surface area contributed by atoms with Crippen molar-refractivity contribution in [1.82, 2.24) is 0 Å². The Hall–Kier alpha value is 0.0969. The van der Waals surface area contributed by atoms with Crippen molar-refractivity contribution in [3.63, 3.8) is 0 Å². The van der Waals surface area contributed by atoms with Crippen molar-refractivity contribution >= 4 is 8.32 Å². The van der Waals surface area contributed by atoms with E-state index in [4.69, 9.17) is 4.43 Å². The summed E-state index contributed by atoms with van der Waals surface area (Å²) in [5, 5.41) is 19.9. The Kier molecular flexibility index (Phi) is 4.88. The topological polar surface area (TPSA) is 49.7 Å². The van der Waals surface area contributed by atoms with Crippen molar-refractivity contribution in [3.05, 3.63) is 0 Å². The monoisotopic (exact) mass is 302 g/mol. The fourth-order valence-corrected chi connectivity index (χ4v) is 4.63. The van der Waals surface area contributed by atoms with E-state index in [-0.39, 0.29) is 29.1 Å². The van der Waals surface area contributed by atoms with Gasteiger partial charge in [0.15, 0.2) is 8.32 Å². The lowest BCUT2D eigenvalue weighted by molar-refractivity contribution is -0.183. The van der Waals surface area contributed by atoms with Gasteiger partial charge < -0.3 is 14.6 Å². The van der Waals surface area contributed by atoms with E-state index in [9.17, 15) is 10.2 Å². The maximum absolute atomic E-state index is 10.3. The predicted octanol–water partition coefficient (Wildman–Crippen LogP) is 3.56. The molecule has 0 aromatic rings. The summed E-state index contributed by atoms with van der Waals surface area (Å²) in [5.74, 6) is 0.192. The lowest BCUT2D eigenvalue weighted by atomic mass is 9.52. The molecule has 2 N–H and O–H groups in total. The van der Waals surface area contributed by atoms with Crippen LogP contribution in [0, 0.1) is 11.3 Å². The molecule has 1 rings (SSSR count). The third-order valence-electron chi connectivity index (χ3n) is 5.73. The van der Waals surface area contributed by atoms with Crippen LogP contribution in [0.1, 0.15) is 54.4 Å². The van der Waals surface area contributed by atoms with E-state index in [1.807, 2.05) is 13.8 Å². The van der Waals surface area contributed by atoms with Crippen LogP contribution in [-0.4, -0.2) is 36.8 Å². The molecular formula is C16H34O3Si. The van der Waals surface area contributed by atoms with Gasteiger partial charge in [0.2, 0.25) is 0 Å². The molecule has 4 heteroatoms. The summed E-state index contributed by atoms with van der Waals surface area (Å²) in [6.07, 6.45) is 1.75. The van der Waals surface area contributed by atoms with Crippen molar-refractivity contribution < 1.29 is 14.6 Å². The molecule has 20 heavy (non-hydrogen) atoms. The molecule has 0 amide bonds. The second-order valence-corrected chi connectivity index (χ2v) is 13.5. The van der Waals surface area contributed by atoms with E-state index in [0.29, 0.717) is 6.42 Å². The van der Waals surface area contributed by atoms with Gasteiger partial charge >= 0.3 is 0 Å². The third kappa shape index (κ3) is 3.29. The first-order chi connectivity index (χ1) is 8.75. The minimum absolute atomic E-state index is 0.123. The van der Waals surface area contributed by atoms with E-state index in [1.165, 1.54) is 0 Å². The summed E-state index contributed by atoms with van der Waals surface area (Å²) in [5.41, 5.74) is -0.834. The van der Waals surface area contributed by atoms with Crippen LogP contribution in [0.25, 0.3) is 0 Å². The Bertz CT molecular complexity index is 341. The first kappa shape index (κ1) is 18.1. The SMILES string of the molecule is CC(C)(O)[C@H]1C[C@H](O[Si](C)(C)C(C)(C)C)[C@@]1(C)CCO. The average Bonchev–Trinajstić information content (AvgIpc) is 2.20. The van der Waals surface area contributed by atoms with Crippen molar-refractivity contribution in [2.75, 3.05) is 6.61 Å². The highest BCUT2D eigenvalue weighted by molar-refractivity contribution is 6.74. The third-order valence-corrected chi connectivity index (χ3v) is 10.2. The van der Waals surface area contributed by atoms with E-state index in [0.717, 1.165) is 6.42 Å². The lowest BCUT2D eigenvalue weighted by Gasteiger charge is -2.60. The molecule has 0 aromatic heterocycles. The standard InChI is InChI=1S/C16H34O3Si/c1-14(2,3)20(7,8)19-13-11-12(15(4,5)18)16(13,6)9-10-17/h12-13,17-18H,9-11H2,1-8H3/t12-,13+,16+/m1/s1. The number of hydrogen-bond donors (Lipinski definition) is 2. The second kappa shape index (κ2) is 5.38. The molecule has 0 radical (unpaired) electrons. The maximum atomic E-state index is 10.3. The van der Waals surface area contributed by atoms with E-state index < -0.39 is 13.9 Å². The molecule has 0 spiro atoms. The zero-order valence-electron chi connectivity index (χ0n) is 14.6. The van der Waals surface area contributed by atoms with Crippen LogP contribution in [0.5, 0.6) is 0 Å². The van der Waals surface area contributed by atoms with Gasteiger partial charge in [-0.1, -0.05) is 27.7 Å². The zero-order chi connectivity index (χ0) is 16.0. The summed E-state index contributed by atoms with van der Waals surface area (Å²) in [6.45, 7) is 17.3. The molecule has 120 valence electrons. The summed E-state index contributed by atoms with van der Waals surface area (Å²) >= 11 is 0. The summed E-state index contributed by atoms with van der Waals surface area (Å²) in [7, 11) is -1.81. The molecule has 0 aliphatic heterocycles. The Morgan fingerprint density at radius 3 is 2.05 bits per heavy atom. The number of aliphatic hydroxyl groups excluding tert-OH is 1. The lowest BCUT2D eigenvalue weighted by Crippen LogP contribution is -2.63. The largest absolute Gasteiger partial charge is 0.413 e. The summed E-state index contributed by atoms with van der Waals surface area (Å²) in [6, 6.07) is 0. The average molecular weight is 303 g/mol. The zero-order valence-corrected chi connectivity index (χ0v) is 15.6. The molecule has 0 unspecified atom stereocenters. The molecule has 1 aliphatic carbocycles. The van der Waals surface area contributed by atoms with Crippen molar-refractivity contribution in [2.45, 2.75) is 84.2 Å². The van der Waals surface area contributed by atoms with Gasteiger partial charge in [-0.3, -0.25) is 0 Å². The summed E-state index contributed by atoms with van der Waals surface area (Å²) < 4.78 is 6.55. The molecule has 3 nitrogen and oxygen atoms in total. The Balaban J connectivity index is 2.89. The van der Waals surface area contributed by atoms with Gasteiger partial charge in [0.25, 0.3) is 0 Å². The number of hydrogen-bond acceptors (Lipinski definition) is 3. The second-order valence-electron chi connectivity index (χ2n) is 8.79. The fraction of sp³-hybridized carbons (Fsp3) is 1.00. The van der Waals surface area contributed by atoms with Gasteiger partial charge in [-0.2, -0.15) is 0 Å². The minimum Gasteiger partial charge on any atom is -0.413 e. The first-order valence-corrected chi connectivity index (χ1v) is 10.7. The molecule has 0 heterocycles. The summed E-state index contributed by atoms with van der Waals surface area (Å²) in [4.78, 5) is 0. The van der Waals surface area contributed by atoms with Crippen molar-refractivity contribution in [1.29, 1.82) is 0 Å².